The van der Waals surface area contributed by atoms with Crippen LogP contribution in [0.3, 0.4) is 0 Å². The molecule has 0 unspecified atom stereocenters. The minimum atomic E-state index is -0.261. The molecule has 0 spiro atoms. The highest BCUT2D eigenvalue weighted by Gasteiger charge is 2.25. The fourth-order valence-electron chi connectivity index (χ4n) is 2.95. The normalized spacial score (nSPS) is 12.9. The summed E-state index contributed by atoms with van der Waals surface area (Å²) in [5.74, 6) is 2.12. The fourth-order valence-corrected chi connectivity index (χ4v) is 4.51. The zero-order valence-electron chi connectivity index (χ0n) is 13.9. The van der Waals surface area contributed by atoms with Crippen LogP contribution in [-0.4, -0.2) is 15.7 Å². The number of carbonyl (C=O) groups excluding carboxylic acids is 1. The van der Waals surface area contributed by atoms with E-state index in [2.05, 4.69) is 5.32 Å². The van der Waals surface area contributed by atoms with Gasteiger partial charge in [0.15, 0.2) is 0 Å². The maximum atomic E-state index is 12.8. The highest BCUT2D eigenvalue weighted by molar-refractivity contribution is 7.98. The minimum Gasteiger partial charge on any atom is -0.306 e. The molecule has 1 aliphatic heterocycles. The topological polar surface area (TPSA) is 46.9 Å². The van der Waals surface area contributed by atoms with Crippen LogP contribution in [-0.2, 0) is 11.5 Å². The zero-order valence-corrected chi connectivity index (χ0v) is 16.3. The predicted octanol–water partition coefficient (Wildman–Crippen LogP) is 5.49. The van der Waals surface area contributed by atoms with Crippen LogP contribution < -0.4 is 5.32 Å². The van der Waals surface area contributed by atoms with Crippen molar-refractivity contribution in [1.82, 2.24) is 9.78 Å². The number of halogens is 2. The van der Waals surface area contributed by atoms with Crippen molar-refractivity contribution < 1.29 is 4.79 Å². The molecule has 1 N–H and O–H groups in total. The third-order valence-electron chi connectivity index (χ3n) is 4.15. The van der Waals surface area contributed by atoms with Gasteiger partial charge in [-0.15, -0.1) is 0 Å². The van der Waals surface area contributed by atoms with E-state index in [0.29, 0.717) is 21.4 Å². The molecule has 4 rings (SSSR count). The molecular formula is C19H15Cl2N3OS. The lowest BCUT2D eigenvalue weighted by Crippen LogP contribution is -2.16. The second-order valence-electron chi connectivity index (χ2n) is 6.13. The molecule has 1 aromatic heterocycles. The number of hydrogen-bond acceptors (Lipinski definition) is 3. The number of fused-ring (bicyclic) bond motifs is 1. The van der Waals surface area contributed by atoms with E-state index >= 15 is 0 Å². The first-order valence-electron chi connectivity index (χ1n) is 8.04. The molecular weight excluding hydrogens is 389 g/mol. The summed E-state index contributed by atoms with van der Waals surface area (Å²) >= 11 is 13.8. The SMILES string of the molecule is Cc1cccc(-n2nc3c(c2NC(=O)c2cc(Cl)cc(Cl)c2)CSC3)c1. The number of nitrogens with one attached hydrogen (secondary N) is 1. The molecule has 26 heavy (non-hydrogen) atoms. The highest BCUT2D eigenvalue weighted by Crippen LogP contribution is 2.36. The van der Waals surface area contributed by atoms with Crippen LogP contribution >= 0.6 is 35.0 Å². The number of amides is 1. The van der Waals surface area contributed by atoms with Crippen molar-refractivity contribution in [2.45, 2.75) is 18.4 Å². The number of thioether (sulfide) groups is 1. The highest BCUT2D eigenvalue weighted by atomic mass is 35.5. The van der Waals surface area contributed by atoms with Crippen LogP contribution in [0.1, 0.15) is 27.2 Å². The molecule has 2 aromatic carbocycles. The Hall–Kier alpha value is -1.95. The van der Waals surface area contributed by atoms with E-state index in [4.69, 9.17) is 28.3 Å². The van der Waals surface area contributed by atoms with Gasteiger partial charge < -0.3 is 5.32 Å². The summed E-state index contributed by atoms with van der Waals surface area (Å²) in [7, 11) is 0. The van der Waals surface area contributed by atoms with E-state index < -0.39 is 0 Å². The molecule has 0 saturated heterocycles. The monoisotopic (exact) mass is 403 g/mol. The summed E-state index contributed by atoms with van der Waals surface area (Å²) in [6, 6.07) is 12.8. The predicted molar refractivity (Wildman–Crippen MR) is 108 cm³/mol. The smallest absolute Gasteiger partial charge is 0.256 e. The molecule has 1 aliphatic rings. The standard InChI is InChI=1S/C19H15Cl2N3OS/c1-11-3-2-4-15(5-11)24-18(16-9-26-10-17(16)23-24)22-19(25)12-6-13(20)8-14(21)7-12/h2-8H,9-10H2,1H3,(H,22,25). The molecule has 0 aliphatic carbocycles. The molecule has 132 valence electrons. The number of rotatable bonds is 3. The number of aromatic nitrogens is 2. The Morgan fingerprint density at radius 1 is 1.15 bits per heavy atom. The average molecular weight is 404 g/mol. The van der Waals surface area contributed by atoms with Crippen LogP contribution in [0.25, 0.3) is 5.69 Å². The maximum absolute atomic E-state index is 12.8. The van der Waals surface area contributed by atoms with Crippen molar-refractivity contribution in [3.63, 3.8) is 0 Å². The van der Waals surface area contributed by atoms with Gasteiger partial charge in [-0.1, -0.05) is 35.3 Å². The van der Waals surface area contributed by atoms with Gasteiger partial charge in [-0.25, -0.2) is 4.68 Å². The molecule has 0 atom stereocenters. The summed E-state index contributed by atoms with van der Waals surface area (Å²) in [5, 5.41) is 8.58. The molecule has 0 radical (unpaired) electrons. The quantitative estimate of drug-likeness (QED) is 0.628. The first-order chi connectivity index (χ1) is 12.5. The van der Waals surface area contributed by atoms with Gasteiger partial charge in [-0.2, -0.15) is 16.9 Å². The van der Waals surface area contributed by atoms with E-state index in [9.17, 15) is 4.79 Å². The van der Waals surface area contributed by atoms with Crippen LogP contribution in [0.4, 0.5) is 5.82 Å². The number of anilines is 1. The Balaban J connectivity index is 1.75. The van der Waals surface area contributed by atoms with Crippen molar-refractivity contribution in [2.75, 3.05) is 5.32 Å². The fraction of sp³-hybridized carbons (Fsp3) is 0.158. The maximum Gasteiger partial charge on any atom is 0.256 e. The van der Waals surface area contributed by atoms with Crippen LogP contribution in [0, 0.1) is 6.92 Å². The van der Waals surface area contributed by atoms with Crippen LogP contribution in [0.5, 0.6) is 0 Å². The first kappa shape index (κ1) is 17.5. The van der Waals surface area contributed by atoms with Crippen molar-refractivity contribution >= 4 is 46.7 Å². The molecule has 0 fully saturated rings. The van der Waals surface area contributed by atoms with Gasteiger partial charge in [-0.05, 0) is 42.8 Å². The van der Waals surface area contributed by atoms with E-state index in [1.807, 2.05) is 31.2 Å². The second-order valence-corrected chi connectivity index (χ2v) is 7.99. The van der Waals surface area contributed by atoms with E-state index in [1.165, 1.54) is 0 Å². The van der Waals surface area contributed by atoms with Gasteiger partial charge in [0.05, 0.1) is 11.4 Å². The zero-order chi connectivity index (χ0) is 18.3. The lowest BCUT2D eigenvalue weighted by atomic mass is 10.2. The number of aryl methyl sites for hydroxylation is 1. The Morgan fingerprint density at radius 2 is 1.92 bits per heavy atom. The van der Waals surface area contributed by atoms with Crippen molar-refractivity contribution in [3.8, 4) is 5.69 Å². The summed E-state index contributed by atoms with van der Waals surface area (Å²) in [5.41, 5.74) is 4.54. The molecule has 3 aromatic rings. The molecule has 7 heteroatoms. The summed E-state index contributed by atoms with van der Waals surface area (Å²) in [4.78, 5) is 12.8. The van der Waals surface area contributed by atoms with Crippen molar-refractivity contribution in [3.05, 3.63) is 74.9 Å². The Kier molecular flexibility index (Phi) is 4.69. The lowest BCUT2D eigenvalue weighted by molar-refractivity contribution is 0.102. The number of benzene rings is 2. The number of hydrogen-bond donors (Lipinski definition) is 1. The van der Waals surface area contributed by atoms with Gasteiger partial charge in [0.1, 0.15) is 5.82 Å². The number of nitrogens with zero attached hydrogens (tertiary/aromatic N) is 2. The molecule has 2 heterocycles. The van der Waals surface area contributed by atoms with Crippen LogP contribution in [0.2, 0.25) is 10.0 Å². The van der Waals surface area contributed by atoms with Gasteiger partial charge >= 0.3 is 0 Å². The van der Waals surface area contributed by atoms with Gasteiger partial charge in [0.25, 0.3) is 5.91 Å². The van der Waals surface area contributed by atoms with Gasteiger partial charge in [-0.3, -0.25) is 4.79 Å². The Morgan fingerprint density at radius 3 is 2.65 bits per heavy atom. The number of carbonyl (C=O) groups is 1. The summed E-state index contributed by atoms with van der Waals surface area (Å²) in [6.45, 7) is 2.03. The van der Waals surface area contributed by atoms with Crippen LogP contribution in [0.15, 0.2) is 42.5 Å². The largest absolute Gasteiger partial charge is 0.306 e. The van der Waals surface area contributed by atoms with E-state index in [0.717, 1.165) is 34.0 Å². The Bertz CT molecular complexity index is 996. The van der Waals surface area contributed by atoms with Gasteiger partial charge in [0, 0.05) is 32.7 Å². The average Bonchev–Trinajstić information content (AvgIpc) is 3.16. The molecule has 0 bridgehead atoms. The molecule has 4 nitrogen and oxygen atoms in total. The third kappa shape index (κ3) is 3.34. The molecule has 0 saturated carbocycles. The van der Waals surface area contributed by atoms with Gasteiger partial charge in [0.2, 0.25) is 0 Å². The van der Waals surface area contributed by atoms with Crippen molar-refractivity contribution in [2.24, 2.45) is 0 Å². The van der Waals surface area contributed by atoms with E-state index in [1.54, 1.807) is 34.6 Å². The first-order valence-corrected chi connectivity index (χ1v) is 9.95. The Labute approximate surface area is 165 Å². The van der Waals surface area contributed by atoms with Crippen molar-refractivity contribution in [1.29, 1.82) is 0 Å². The summed E-state index contributed by atoms with van der Waals surface area (Å²) in [6.07, 6.45) is 0. The minimum absolute atomic E-state index is 0.261. The lowest BCUT2D eigenvalue weighted by Gasteiger charge is -2.12. The second kappa shape index (κ2) is 6.99. The molecule has 1 amide bonds. The third-order valence-corrected chi connectivity index (χ3v) is 5.56. The summed E-state index contributed by atoms with van der Waals surface area (Å²) < 4.78 is 1.81. The van der Waals surface area contributed by atoms with E-state index in [-0.39, 0.29) is 5.91 Å².